The molecule has 0 heterocycles. The molecule has 10 heteroatoms. The molecule has 0 aliphatic heterocycles. The predicted octanol–water partition coefficient (Wildman–Crippen LogP) is -3.01. The molecule has 10 nitrogen and oxygen atoms in total. The van der Waals surface area contributed by atoms with E-state index in [1.165, 1.54) is 0 Å². The molecule has 0 aromatic rings. The van der Waals surface area contributed by atoms with Crippen LogP contribution in [0, 0.1) is 0 Å². The summed E-state index contributed by atoms with van der Waals surface area (Å²) in [5.41, 5.74) is 5.12. The Labute approximate surface area is 107 Å². The Hall–Kier alpha value is -2.20. The third kappa shape index (κ3) is 7.68. The van der Waals surface area contributed by atoms with E-state index in [1.807, 2.05) is 0 Å². The monoisotopic (exact) mass is 277 g/mol. The fourth-order valence-corrected chi connectivity index (χ4v) is 1.21. The van der Waals surface area contributed by atoms with Crippen molar-refractivity contribution in [2.24, 2.45) is 5.73 Å². The van der Waals surface area contributed by atoms with Crippen molar-refractivity contribution in [3.05, 3.63) is 0 Å². The highest BCUT2D eigenvalue weighted by molar-refractivity contribution is 5.85. The summed E-state index contributed by atoms with van der Waals surface area (Å²) in [5.74, 6) is -4.76. The Bertz CT molecular complexity index is 355. The Morgan fingerprint density at radius 3 is 1.79 bits per heavy atom. The highest BCUT2D eigenvalue weighted by Gasteiger charge is 2.21. The fourth-order valence-electron chi connectivity index (χ4n) is 1.21. The molecule has 0 rings (SSSR count). The summed E-state index contributed by atoms with van der Waals surface area (Å²) in [6.07, 6.45) is 0. The van der Waals surface area contributed by atoms with Crippen LogP contribution in [-0.2, 0) is 19.2 Å². The van der Waals surface area contributed by atoms with Gasteiger partial charge in [0.2, 0.25) is 5.91 Å². The van der Waals surface area contributed by atoms with Crippen LogP contribution in [0.3, 0.4) is 0 Å². The van der Waals surface area contributed by atoms with Gasteiger partial charge in [-0.15, -0.1) is 0 Å². The standard InChI is InChI=1S/C9H15N3O7/c10-1-5(9(18)19)11-6(13)2-12(3-7(14)15)4-8(16)17/h5H,1-4,10H2,(H,11,13)(H,14,15)(H,16,17)(H,18,19)/t5-/m0/s1. The smallest absolute Gasteiger partial charge is 0.327 e. The van der Waals surface area contributed by atoms with Crippen molar-refractivity contribution in [2.75, 3.05) is 26.2 Å². The molecule has 1 amide bonds. The van der Waals surface area contributed by atoms with Gasteiger partial charge in [-0.1, -0.05) is 0 Å². The number of carbonyl (C=O) groups is 4. The first-order valence-corrected chi connectivity index (χ1v) is 5.14. The molecule has 0 saturated carbocycles. The molecule has 19 heavy (non-hydrogen) atoms. The second-order valence-electron chi connectivity index (χ2n) is 3.63. The SMILES string of the molecule is NC[C@H](NC(=O)CN(CC(=O)O)CC(=O)O)C(=O)O. The van der Waals surface area contributed by atoms with Crippen molar-refractivity contribution in [1.29, 1.82) is 0 Å². The summed E-state index contributed by atoms with van der Waals surface area (Å²) in [6.45, 7) is -2.19. The molecule has 0 aliphatic rings. The summed E-state index contributed by atoms with van der Waals surface area (Å²) in [5, 5.41) is 27.8. The summed E-state index contributed by atoms with van der Waals surface area (Å²) >= 11 is 0. The molecule has 0 aromatic carbocycles. The van der Waals surface area contributed by atoms with Gasteiger partial charge in [-0.05, 0) is 0 Å². The van der Waals surface area contributed by atoms with E-state index in [9.17, 15) is 19.2 Å². The van der Waals surface area contributed by atoms with Crippen molar-refractivity contribution < 1.29 is 34.5 Å². The molecule has 0 fully saturated rings. The second-order valence-corrected chi connectivity index (χ2v) is 3.63. The van der Waals surface area contributed by atoms with Crippen LogP contribution in [0.1, 0.15) is 0 Å². The van der Waals surface area contributed by atoms with E-state index in [-0.39, 0.29) is 6.54 Å². The average molecular weight is 277 g/mol. The molecule has 0 unspecified atom stereocenters. The van der Waals surface area contributed by atoms with E-state index in [4.69, 9.17) is 21.1 Å². The van der Waals surface area contributed by atoms with Gasteiger partial charge in [0.1, 0.15) is 6.04 Å². The molecular weight excluding hydrogens is 262 g/mol. The number of nitrogens with one attached hydrogen (secondary N) is 1. The number of nitrogens with two attached hydrogens (primary N) is 1. The second kappa shape index (κ2) is 8.00. The summed E-state index contributed by atoms with van der Waals surface area (Å²) in [6, 6.07) is -1.30. The molecule has 0 bridgehead atoms. The number of nitrogens with zero attached hydrogens (tertiary/aromatic N) is 1. The minimum Gasteiger partial charge on any atom is -0.480 e. The van der Waals surface area contributed by atoms with Gasteiger partial charge in [0.25, 0.3) is 0 Å². The van der Waals surface area contributed by atoms with Crippen LogP contribution in [-0.4, -0.2) is 76.3 Å². The number of carboxylic acids is 3. The van der Waals surface area contributed by atoms with Gasteiger partial charge in [0, 0.05) is 6.54 Å². The molecule has 0 radical (unpaired) electrons. The van der Waals surface area contributed by atoms with Crippen LogP contribution in [0.15, 0.2) is 0 Å². The van der Waals surface area contributed by atoms with E-state index in [0.717, 1.165) is 4.90 Å². The number of rotatable bonds is 9. The van der Waals surface area contributed by atoms with Gasteiger partial charge in [-0.25, -0.2) is 4.79 Å². The maximum Gasteiger partial charge on any atom is 0.327 e. The van der Waals surface area contributed by atoms with E-state index in [2.05, 4.69) is 5.32 Å². The van der Waals surface area contributed by atoms with Gasteiger partial charge in [-0.3, -0.25) is 19.3 Å². The molecule has 0 aliphatic carbocycles. The van der Waals surface area contributed by atoms with Gasteiger partial charge in [0.05, 0.1) is 19.6 Å². The van der Waals surface area contributed by atoms with Crippen molar-refractivity contribution >= 4 is 23.8 Å². The number of aliphatic carboxylic acids is 3. The highest BCUT2D eigenvalue weighted by atomic mass is 16.4. The number of carbonyl (C=O) groups excluding carboxylic acids is 1. The normalized spacial score (nSPS) is 11.9. The molecular formula is C9H15N3O7. The zero-order valence-corrected chi connectivity index (χ0v) is 9.90. The molecule has 0 aromatic heterocycles. The number of hydrogen-bond acceptors (Lipinski definition) is 6. The molecule has 0 saturated heterocycles. The number of hydrogen-bond donors (Lipinski definition) is 5. The van der Waals surface area contributed by atoms with Crippen molar-refractivity contribution in [2.45, 2.75) is 6.04 Å². The van der Waals surface area contributed by atoms with Crippen LogP contribution in [0.4, 0.5) is 0 Å². The van der Waals surface area contributed by atoms with Gasteiger partial charge >= 0.3 is 17.9 Å². The largest absolute Gasteiger partial charge is 0.480 e. The molecule has 6 N–H and O–H groups in total. The molecule has 108 valence electrons. The average Bonchev–Trinajstić information content (AvgIpc) is 2.23. The highest BCUT2D eigenvalue weighted by Crippen LogP contribution is 1.90. The minimum atomic E-state index is -1.33. The first kappa shape index (κ1) is 16.8. The Morgan fingerprint density at radius 1 is 1.00 bits per heavy atom. The third-order valence-electron chi connectivity index (χ3n) is 1.95. The van der Waals surface area contributed by atoms with Crippen molar-refractivity contribution in [1.82, 2.24) is 10.2 Å². The summed E-state index contributed by atoms with van der Waals surface area (Å²) in [4.78, 5) is 43.8. The Kier molecular flexibility index (Phi) is 7.07. The zero-order valence-electron chi connectivity index (χ0n) is 9.90. The van der Waals surface area contributed by atoms with Crippen LogP contribution in [0.2, 0.25) is 0 Å². The summed E-state index contributed by atoms with van der Waals surface area (Å²) in [7, 11) is 0. The minimum absolute atomic E-state index is 0.334. The fraction of sp³-hybridized carbons (Fsp3) is 0.556. The number of amides is 1. The van der Waals surface area contributed by atoms with Crippen LogP contribution in [0.25, 0.3) is 0 Å². The van der Waals surface area contributed by atoms with Gasteiger partial charge in [0.15, 0.2) is 0 Å². The molecule has 0 spiro atoms. The van der Waals surface area contributed by atoms with Crippen LogP contribution >= 0.6 is 0 Å². The topological polar surface area (TPSA) is 170 Å². The molecule has 1 atom stereocenters. The van der Waals surface area contributed by atoms with E-state index in [1.54, 1.807) is 0 Å². The maximum absolute atomic E-state index is 11.4. The lowest BCUT2D eigenvalue weighted by Gasteiger charge is -2.19. The van der Waals surface area contributed by atoms with Crippen LogP contribution in [0.5, 0.6) is 0 Å². The Balaban J connectivity index is 4.48. The van der Waals surface area contributed by atoms with Crippen molar-refractivity contribution in [3.63, 3.8) is 0 Å². The lowest BCUT2D eigenvalue weighted by Crippen LogP contribution is -2.50. The van der Waals surface area contributed by atoms with Gasteiger partial charge < -0.3 is 26.4 Å². The quantitative estimate of drug-likeness (QED) is 0.294. The lowest BCUT2D eigenvalue weighted by molar-refractivity contribution is -0.144. The third-order valence-corrected chi connectivity index (χ3v) is 1.95. The summed E-state index contributed by atoms with van der Waals surface area (Å²) < 4.78 is 0. The maximum atomic E-state index is 11.4. The number of carboxylic acid groups (broad SMARTS) is 3. The first-order valence-electron chi connectivity index (χ1n) is 5.14. The van der Waals surface area contributed by atoms with Crippen molar-refractivity contribution in [3.8, 4) is 0 Å². The van der Waals surface area contributed by atoms with Gasteiger partial charge in [-0.2, -0.15) is 0 Å². The van der Waals surface area contributed by atoms with Crippen LogP contribution < -0.4 is 11.1 Å². The Morgan fingerprint density at radius 2 is 1.47 bits per heavy atom. The van der Waals surface area contributed by atoms with E-state index >= 15 is 0 Å². The first-order chi connectivity index (χ1) is 8.76. The predicted molar refractivity (Wildman–Crippen MR) is 60.3 cm³/mol. The zero-order chi connectivity index (χ0) is 15.0. The lowest BCUT2D eigenvalue weighted by atomic mass is 10.3. The van der Waals surface area contributed by atoms with E-state index in [0.29, 0.717) is 0 Å². The van der Waals surface area contributed by atoms with E-state index < -0.39 is 49.5 Å².